The minimum atomic E-state index is -0.0610. The highest BCUT2D eigenvalue weighted by Crippen LogP contribution is 2.38. The normalized spacial score (nSPS) is 14.5. The third-order valence-corrected chi connectivity index (χ3v) is 6.33. The summed E-state index contributed by atoms with van der Waals surface area (Å²) in [5.41, 5.74) is 1.74. The third kappa shape index (κ3) is 6.91. The summed E-state index contributed by atoms with van der Waals surface area (Å²) in [7, 11) is 0. The quantitative estimate of drug-likeness (QED) is 0.280. The van der Waals surface area contributed by atoms with Crippen LogP contribution in [0, 0.1) is 0 Å². The molecule has 0 N–H and O–H groups in total. The van der Waals surface area contributed by atoms with Crippen LogP contribution in [0.15, 0.2) is 5.51 Å². The first-order valence-corrected chi connectivity index (χ1v) is 10.1. The van der Waals surface area contributed by atoms with Gasteiger partial charge in [-0.15, -0.1) is 21.5 Å². The molecule has 1 aromatic heterocycles. The Kier molecular flexibility index (Phi) is 10.0. The predicted molar refractivity (Wildman–Crippen MR) is 101 cm³/mol. The van der Waals surface area contributed by atoms with Crippen LogP contribution in [0.25, 0.3) is 0 Å². The van der Waals surface area contributed by atoms with Crippen LogP contribution >= 0.6 is 36.6 Å². The zero-order valence-corrected chi connectivity index (χ0v) is 16.0. The Morgan fingerprint density at radius 2 is 1.62 bits per heavy atom. The molecule has 0 aliphatic carbocycles. The Bertz CT molecular complexity index is 354. The summed E-state index contributed by atoms with van der Waals surface area (Å²) in [5.74, 6) is 0. The van der Waals surface area contributed by atoms with Crippen molar-refractivity contribution in [3.05, 3.63) is 10.5 Å². The molecule has 1 rings (SSSR count). The van der Waals surface area contributed by atoms with Crippen molar-refractivity contribution in [2.45, 2.75) is 88.1 Å². The fourth-order valence-electron chi connectivity index (χ4n) is 2.57. The Hall–Kier alpha value is 0.260. The second kappa shape index (κ2) is 10.9. The molecule has 0 aromatic carbocycles. The Balaban J connectivity index is 2.18. The van der Waals surface area contributed by atoms with E-state index in [0.29, 0.717) is 0 Å². The summed E-state index contributed by atoms with van der Waals surface area (Å²) < 4.78 is 0.0134. The molecule has 0 amide bonds. The van der Waals surface area contributed by atoms with Gasteiger partial charge in [-0.2, -0.15) is 25.3 Å². The molecule has 1 atom stereocenters. The van der Waals surface area contributed by atoms with Gasteiger partial charge in [0, 0.05) is 5.41 Å². The SMILES string of the molecule is CCCCCCCCCCCC(C)(c1nncs1)C(S)S. The molecule has 0 aliphatic rings. The average Bonchev–Trinajstić information content (AvgIpc) is 2.99. The maximum Gasteiger partial charge on any atom is 0.125 e. The average molecular weight is 347 g/mol. The Morgan fingerprint density at radius 3 is 2.10 bits per heavy atom. The van der Waals surface area contributed by atoms with Crippen molar-refractivity contribution in [1.29, 1.82) is 0 Å². The number of hydrogen-bond donors (Lipinski definition) is 2. The van der Waals surface area contributed by atoms with Crippen LogP contribution < -0.4 is 0 Å². The molecular formula is C16H30N2S3. The lowest BCUT2D eigenvalue weighted by Gasteiger charge is -2.29. The smallest absolute Gasteiger partial charge is 0.125 e. The molecule has 1 unspecified atom stereocenters. The predicted octanol–water partition coefficient (Wildman–Crippen LogP) is 5.90. The van der Waals surface area contributed by atoms with E-state index in [2.05, 4.69) is 49.3 Å². The minimum absolute atomic E-state index is 0.0134. The first-order chi connectivity index (χ1) is 10.1. The van der Waals surface area contributed by atoms with Crippen LogP contribution in [0.1, 0.15) is 83.1 Å². The highest BCUT2D eigenvalue weighted by molar-refractivity contribution is 7.99. The van der Waals surface area contributed by atoms with E-state index in [-0.39, 0.29) is 10.00 Å². The summed E-state index contributed by atoms with van der Waals surface area (Å²) in [4.78, 5) is 0. The van der Waals surface area contributed by atoms with Crippen LogP contribution in [0.2, 0.25) is 0 Å². The van der Waals surface area contributed by atoms with Gasteiger partial charge >= 0.3 is 0 Å². The largest absolute Gasteiger partial charge is 0.164 e. The van der Waals surface area contributed by atoms with Gasteiger partial charge in [0.15, 0.2) is 0 Å². The van der Waals surface area contributed by atoms with E-state index in [0.717, 1.165) is 11.4 Å². The molecule has 0 radical (unpaired) electrons. The molecular weight excluding hydrogens is 316 g/mol. The number of hydrogen-bond acceptors (Lipinski definition) is 5. The maximum absolute atomic E-state index is 4.56. The zero-order chi connectivity index (χ0) is 15.6. The van der Waals surface area contributed by atoms with E-state index < -0.39 is 0 Å². The number of unbranched alkanes of at least 4 members (excludes halogenated alkanes) is 8. The first-order valence-electron chi connectivity index (χ1n) is 8.24. The fraction of sp³-hybridized carbons (Fsp3) is 0.875. The van der Waals surface area contributed by atoms with Crippen LogP contribution in [-0.2, 0) is 5.41 Å². The van der Waals surface area contributed by atoms with E-state index in [9.17, 15) is 0 Å². The van der Waals surface area contributed by atoms with Crippen LogP contribution in [0.4, 0.5) is 0 Å². The molecule has 0 saturated carbocycles. The molecule has 0 bridgehead atoms. The van der Waals surface area contributed by atoms with Gasteiger partial charge in [0.1, 0.15) is 10.5 Å². The summed E-state index contributed by atoms with van der Waals surface area (Å²) in [5, 5.41) is 9.27. The number of thiol groups is 2. The van der Waals surface area contributed by atoms with Gasteiger partial charge in [-0.1, -0.05) is 71.6 Å². The summed E-state index contributed by atoms with van der Waals surface area (Å²) in [6.45, 7) is 4.48. The van der Waals surface area contributed by atoms with E-state index in [1.54, 1.807) is 16.8 Å². The monoisotopic (exact) mass is 346 g/mol. The molecule has 1 aromatic rings. The van der Waals surface area contributed by atoms with Crippen molar-refractivity contribution in [3.63, 3.8) is 0 Å². The molecule has 2 nitrogen and oxygen atoms in total. The number of rotatable bonds is 12. The zero-order valence-electron chi connectivity index (χ0n) is 13.4. The van der Waals surface area contributed by atoms with Gasteiger partial charge < -0.3 is 0 Å². The molecule has 122 valence electrons. The van der Waals surface area contributed by atoms with Gasteiger partial charge in [-0.3, -0.25) is 0 Å². The Morgan fingerprint density at radius 1 is 1.05 bits per heavy atom. The van der Waals surface area contributed by atoms with Gasteiger partial charge in [0.2, 0.25) is 0 Å². The lowest BCUT2D eigenvalue weighted by molar-refractivity contribution is 0.433. The standard InChI is InChI=1S/C16H30N2S3/c1-3-4-5-6-7-8-9-10-11-12-16(2,15(19)20)14-18-17-13-21-14/h13,15,19-20H,3-12H2,1-2H3. The molecule has 0 saturated heterocycles. The van der Waals surface area contributed by atoms with E-state index in [1.807, 2.05) is 0 Å². The number of nitrogens with zero attached hydrogens (tertiary/aromatic N) is 2. The molecule has 1 heterocycles. The van der Waals surface area contributed by atoms with E-state index in [1.165, 1.54) is 57.8 Å². The van der Waals surface area contributed by atoms with Crippen LogP contribution in [0.3, 0.4) is 0 Å². The molecule has 21 heavy (non-hydrogen) atoms. The highest BCUT2D eigenvalue weighted by Gasteiger charge is 2.34. The lowest BCUT2D eigenvalue weighted by atomic mass is 9.87. The van der Waals surface area contributed by atoms with Crippen molar-refractivity contribution in [3.8, 4) is 0 Å². The van der Waals surface area contributed by atoms with Crippen LogP contribution in [-0.4, -0.2) is 14.8 Å². The number of aromatic nitrogens is 2. The van der Waals surface area contributed by atoms with Crippen molar-refractivity contribution >= 4 is 36.6 Å². The van der Waals surface area contributed by atoms with Crippen molar-refractivity contribution < 1.29 is 0 Å². The van der Waals surface area contributed by atoms with Crippen molar-refractivity contribution in [1.82, 2.24) is 10.2 Å². The molecule has 0 spiro atoms. The van der Waals surface area contributed by atoms with Gasteiger partial charge in [-0.25, -0.2) is 0 Å². The molecule has 5 heteroatoms. The fourth-order valence-corrected chi connectivity index (χ4v) is 4.03. The van der Waals surface area contributed by atoms with Crippen LogP contribution in [0.5, 0.6) is 0 Å². The van der Waals surface area contributed by atoms with Crippen molar-refractivity contribution in [2.24, 2.45) is 0 Å². The van der Waals surface area contributed by atoms with E-state index >= 15 is 0 Å². The first kappa shape index (κ1) is 19.3. The van der Waals surface area contributed by atoms with Gasteiger partial charge in [-0.05, 0) is 6.42 Å². The van der Waals surface area contributed by atoms with Crippen molar-refractivity contribution in [2.75, 3.05) is 0 Å². The van der Waals surface area contributed by atoms with E-state index in [4.69, 9.17) is 0 Å². The topological polar surface area (TPSA) is 25.8 Å². The molecule has 0 aliphatic heterocycles. The van der Waals surface area contributed by atoms with Gasteiger partial charge in [0.05, 0.1) is 4.58 Å². The summed E-state index contributed by atoms with van der Waals surface area (Å²) in [6, 6.07) is 0. The molecule has 0 fully saturated rings. The second-order valence-electron chi connectivity index (χ2n) is 6.11. The van der Waals surface area contributed by atoms with Gasteiger partial charge in [0.25, 0.3) is 0 Å². The maximum atomic E-state index is 4.56. The lowest BCUT2D eigenvalue weighted by Crippen LogP contribution is -2.29. The minimum Gasteiger partial charge on any atom is -0.164 e. The Labute approximate surface area is 145 Å². The second-order valence-corrected chi connectivity index (χ2v) is 8.39. The highest BCUT2D eigenvalue weighted by atomic mass is 32.2. The third-order valence-electron chi connectivity index (χ3n) is 4.22. The summed E-state index contributed by atoms with van der Waals surface area (Å²) >= 11 is 10.7. The summed E-state index contributed by atoms with van der Waals surface area (Å²) in [6.07, 6.45) is 13.3.